The molecule has 0 saturated heterocycles. The quantitative estimate of drug-likeness (QED) is 0.0264. The average Bonchev–Trinajstić information content (AvgIpc) is 3.44. The molecule has 2 unspecified atom stereocenters. The number of rotatable bonds is 65. The lowest BCUT2D eigenvalue weighted by Gasteiger charge is -2.19. The monoisotopic (exact) mass is 1130 g/mol. The molecule has 0 aromatic rings. The van der Waals surface area contributed by atoms with Crippen molar-refractivity contribution >= 4 is 19.8 Å². The molecule has 0 aliphatic rings. The first-order valence-electron chi connectivity index (χ1n) is 34.1. The fourth-order valence-corrected chi connectivity index (χ4v) is 10.9. The molecular weight excluding hydrogens is 1000 g/mol. The van der Waals surface area contributed by atoms with E-state index in [1.54, 1.807) is 0 Å². The first-order chi connectivity index (χ1) is 38.8. The number of phosphoric ester groups is 1. The zero-order valence-corrected chi connectivity index (χ0v) is 53.0. The molecule has 0 spiro atoms. The molecule has 0 aromatic heterocycles. The second-order valence-electron chi connectivity index (χ2n) is 23.0. The lowest BCUT2D eigenvalue weighted by atomic mass is 10.0. The predicted octanol–water partition coefficient (Wildman–Crippen LogP) is 22.1. The number of allylic oxidation sites excluding steroid dienone is 8. The molecule has 0 saturated carbocycles. The Morgan fingerprint density at radius 3 is 0.987 bits per heavy atom. The van der Waals surface area contributed by atoms with Gasteiger partial charge in [-0.25, -0.2) is 4.57 Å². The van der Waals surface area contributed by atoms with Crippen LogP contribution in [-0.2, 0) is 32.7 Å². The molecule has 3 N–H and O–H groups in total. The van der Waals surface area contributed by atoms with E-state index in [0.29, 0.717) is 6.42 Å². The molecule has 0 aromatic carbocycles. The van der Waals surface area contributed by atoms with Gasteiger partial charge in [-0.05, 0) is 77.0 Å². The normalized spacial score (nSPS) is 13.2. The smallest absolute Gasteiger partial charge is 0.462 e. The average molecular weight is 1130 g/mol. The van der Waals surface area contributed by atoms with E-state index in [1.165, 1.54) is 270 Å². The first-order valence-corrected chi connectivity index (χ1v) is 35.6. The summed E-state index contributed by atoms with van der Waals surface area (Å²) in [6, 6.07) is 0. The van der Waals surface area contributed by atoms with E-state index in [2.05, 4.69) is 62.5 Å². The van der Waals surface area contributed by atoms with Crippen molar-refractivity contribution in [1.82, 2.24) is 0 Å². The molecule has 464 valence electrons. The van der Waals surface area contributed by atoms with Crippen LogP contribution >= 0.6 is 7.82 Å². The van der Waals surface area contributed by atoms with Crippen molar-refractivity contribution in [3.63, 3.8) is 0 Å². The maximum atomic E-state index is 12.7. The van der Waals surface area contributed by atoms with Gasteiger partial charge in [0.1, 0.15) is 6.61 Å². The minimum atomic E-state index is -4.39. The van der Waals surface area contributed by atoms with Gasteiger partial charge in [-0.1, -0.05) is 306 Å². The van der Waals surface area contributed by atoms with Crippen LogP contribution in [0.5, 0.6) is 0 Å². The molecule has 0 rings (SSSR count). The van der Waals surface area contributed by atoms with Crippen LogP contribution in [0.25, 0.3) is 0 Å². The van der Waals surface area contributed by atoms with E-state index >= 15 is 0 Å². The summed E-state index contributed by atoms with van der Waals surface area (Å²) < 4.78 is 33.1. The first kappa shape index (κ1) is 77.0. The summed E-state index contributed by atoms with van der Waals surface area (Å²) in [6.45, 7) is 3.79. The number of esters is 2. The van der Waals surface area contributed by atoms with Gasteiger partial charge < -0.3 is 20.1 Å². The van der Waals surface area contributed by atoms with E-state index in [1.807, 2.05) is 0 Å². The number of phosphoric acid groups is 1. The predicted molar refractivity (Wildman–Crippen MR) is 340 cm³/mol. The van der Waals surface area contributed by atoms with Gasteiger partial charge in [0.05, 0.1) is 13.2 Å². The third-order valence-electron chi connectivity index (χ3n) is 15.2. The second kappa shape index (κ2) is 65.1. The minimum Gasteiger partial charge on any atom is -0.462 e. The number of nitrogens with two attached hydrogens (primary N) is 1. The zero-order chi connectivity index (χ0) is 57.3. The van der Waals surface area contributed by atoms with Crippen LogP contribution in [0, 0.1) is 0 Å². The van der Waals surface area contributed by atoms with E-state index in [9.17, 15) is 19.0 Å². The summed E-state index contributed by atoms with van der Waals surface area (Å²) in [4.78, 5) is 35.3. The lowest BCUT2D eigenvalue weighted by Crippen LogP contribution is -2.29. The zero-order valence-electron chi connectivity index (χ0n) is 52.1. The van der Waals surface area contributed by atoms with Crippen LogP contribution in [0.15, 0.2) is 48.6 Å². The Bertz CT molecular complexity index is 1430. The van der Waals surface area contributed by atoms with Crippen LogP contribution in [0.3, 0.4) is 0 Å². The second-order valence-corrected chi connectivity index (χ2v) is 24.5. The van der Waals surface area contributed by atoms with Crippen LogP contribution in [0.4, 0.5) is 0 Å². The van der Waals surface area contributed by atoms with Crippen molar-refractivity contribution in [1.29, 1.82) is 0 Å². The number of carbonyl (C=O) groups excluding carboxylic acids is 2. The highest BCUT2D eigenvalue weighted by Crippen LogP contribution is 2.43. The van der Waals surface area contributed by atoms with Gasteiger partial charge in [-0.15, -0.1) is 0 Å². The number of ether oxygens (including phenoxy) is 2. The molecule has 0 fully saturated rings. The highest BCUT2D eigenvalue weighted by molar-refractivity contribution is 7.47. The SMILES string of the molecule is CCCCCCC/C=C\C/C=C\C/C=C\CCCCCCCCCCCCCCCCCCCCCCCCC(=O)OC(COC(=O)CCCCCCCCCCC/C=C\CCCCCCCCCC)COP(=O)(O)OCCN. The lowest BCUT2D eigenvalue weighted by molar-refractivity contribution is -0.161. The van der Waals surface area contributed by atoms with Gasteiger partial charge in [-0.2, -0.15) is 0 Å². The Labute approximate surface area is 489 Å². The topological polar surface area (TPSA) is 134 Å². The van der Waals surface area contributed by atoms with E-state index in [4.69, 9.17) is 24.3 Å². The van der Waals surface area contributed by atoms with Gasteiger partial charge in [0.2, 0.25) is 0 Å². The Kier molecular flexibility index (Phi) is 63.5. The number of hydrogen-bond donors (Lipinski definition) is 2. The maximum Gasteiger partial charge on any atom is 0.472 e. The Balaban J connectivity index is 3.81. The molecule has 0 bridgehead atoms. The van der Waals surface area contributed by atoms with Crippen molar-refractivity contribution in [3.8, 4) is 0 Å². The molecule has 0 aliphatic carbocycles. The largest absolute Gasteiger partial charge is 0.472 e. The summed E-state index contributed by atoms with van der Waals surface area (Å²) >= 11 is 0. The van der Waals surface area contributed by atoms with Crippen LogP contribution in [0.1, 0.15) is 348 Å². The Morgan fingerprint density at radius 2 is 0.658 bits per heavy atom. The molecule has 10 heteroatoms. The highest BCUT2D eigenvalue weighted by Gasteiger charge is 2.26. The number of carbonyl (C=O) groups is 2. The molecule has 0 heterocycles. The maximum absolute atomic E-state index is 12.7. The van der Waals surface area contributed by atoms with Gasteiger partial charge in [0, 0.05) is 19.4 Å². The van der Waals surface area contributed by atoms with Crippen molar-refractivity contribution < 1.29 is 37.6 Å². The molecule has 0 aliphatic heterocycles. The van der Waals surface area contributed by atoms with Crippen molar-refractivity contribution in [2.24, 2.45) is 5.73 Å². The Morgan fingerprint density at radius 1 is 0.380 bits per heavy atom. The summed E-state index contributed by atoms with van der Waals surface area (Å²) in [5.41, 5.74) is 5.40. The van der Waals surface area contributed by atoms with E-state index < -0.39 is 26.5 Å². The number of unbranched alkanes of at least 4 members (excludes halogenated alkanes) is 44. The van der Waals surface area contributed by atoms with Crippen molar-refractivity contribution in [2.75, 3.05) is 26.4 Å². The molecule has 0 radical (unpaired) electrons. The summed E-state index contributed by atoms with van der Waals surface area (Å²) in [7, 11) is -4.39. The third-order valence-corrected chi connectivity index (χ3v) is 16.2. The fraction of sp³-hybridized carbons (Fsp3) is 0.855. The molecule has 2 atom stereocenters. The fourth-order valence-electron chi connectivity index (χ4n) is 10.1. The summed E-state index contributed by atoms with van der Waals surface area (Å²) in [5.74, 6) is -0.812. The summed E-state index contributed by atoms with van der Waals surface area (Å²) in [6.07, 6.45) is 82.1. The summed E-state index contributed by atoms with van der Waals surface area (Å²) in [5, 5.41) is 0. The molecule has 79 heavy (non-hydrogen) atoms. The van der Waals surface area contributed by atoms with Crippen LogP contribution in [0.2, 0.25) is 0 Å². The molecule has 0 amide bonds. The third kappa shape index (κ3) is 65.0. The molecular formula is C69H130NO8P. The standard InChI is InChI=1S/C69H130NO8P/c1-3-5-7-9-11-13-15-17-19-21-23-25-26-27-28-29-30-31-32-33-34-35-36-37-38-39-40-42-44-46-48-50-52-54-56-58-60-62-69(72)78-67(66-77-79(73,74)76-64-63-70)65-75-68(71)61-59-57-55-53-51-49-47-45-43-41-24-22-20-18-16-14-12-10-8-6-4-2/h15,17,21-24,26-27,67H,3-14,16,18-20,25,28-66,70H2,1-2H3,(H,73,74)/b17-15-,23-21-,24-22-,27-26-. The van der Waals surface area contributed by atoms with Crippen LogP contribution in [-0.4, -0.2) is 49.3 Å². The highest BCUT2D eigenvalue weighted by atomic mass is 31.2. The number of hydrogen-bond acceptors (Lipinski definition) is 8. The molecule has 9 nitrogen and oxygen atoms in total. The van der Waals surface area contributed by atoms with Gasteiger partial charge >= 0.3 is 19.8 Å². The van der Waals surface area contributed by atoms with E-state index in [0.717, 1.165) is 44.9 Å². The van der Waals surface area contributed by atoms with Crippen LogP contribution < -0.4 is 5.73 Å². The Hall–Kier alpha value is -2.03. The van der Waals surface area contributed by atoms with Gasteiger partial charge in [0.15, 0.2) is 6.10 Å². The van der Waals surface area contributed by atoms with Gasteiger partial charge in [0.25, 0.3) is 0 Å². The van der Waals surface area contributed by atoms with Crippen molar-refractivity contribution in [3.05, 3.63) is 48.6 Å². The van der Waals surface area contributed by atoms with E-state index in [-0.39, 0.29) is 38.6 Å². The van der Waals surface area contributed by atoms with Gasteiger partial charge in [-0.3, -0.25) is 18.6 Å². The van der Waals surface area contributed by atoms with Crippen molar-refractivity contribution in [2.45, 2.75) is 354 Å². The minimum absolute atomic E-state index is 0.0546.